The van der Waals surface area contributed by atoms with Crippen molar-refractivity contribution in [2.75, 3.05) is 5.32 Å². The van der Waals surface area contributed by atoms with Crippen LogP contribution in [0.5, 0.6) is 0 Å². The summed E-state index contributed by atoms with van der Waals surface area (Å²) in [6.07, 6.45) is 3.85. The highest BCUT2D eigenvalue weighted by molar-refractivity contribution is 9.10. The Bertz CT molecular complexity index is 793. The maximum atomic E-state index is 15.0. The van der Waals surface area contributed by atoms with Gasteiger partial charge in [-0.1, -0.05) is 6.07 Å². The number of hydrogen-bond donors (Lipinski definition) is 2. The molecule has 2 heterocycles. The van der Waals surface area contributed by atoms with Gasteiger partial charge in [0.2, 0.25) is 0 Å². The summed E-state index contributed by atoms with van der Waals surface area (Å²) in [6, 6.07) is 3.34. The molecule has 0 unspecified atom stereocenters. The molecule has 2 N–H and O–H groups in total. The van der Waals surface area contributed by atoms with Crippen molar-refractivity contribution in [1.82, 2.24) is 9.97 Å². The van der Waals surface area contributed by atoms with E-state index >= 15 is 0 Å². The zero-order valence-electron chi connectivity index (χ0n) is 13.3. The smallest absolute Gasteiger partial charge is 0.308 e. The van der Waals surface area contributed by atoms with Gasteiger partial charge in [-0.15, -0.1) is 11.3 Å². The summed E-state index contributed by atoms with van der Waals surface area (Å²) in [5.74, 6) is -1.36. The van der Waals surface area contributed by atoms with E-state index in [1.165, 1.54) is 11.3 Å². The lowest BCUT2D eigenvalue weighted by molar-refractivity contribution is -0.148. The predicted octanol–water partition coefficient (Wildman–Crippen LogP) is 4.41. The Morgan fingerprint density at radius 1 is 1.28 bits per heavy atom. The Hall–Kier alpha value is -1.54. The largest absolute Gasteiger partial charge is 0.481 e. The summed E-state index contributed by atoms with van der Waals surface area (Å²) >= 11 is 4.64. The number of carbonyl (C=O) groups is 1. The van der Waals surface area contributed by atoms with E-state index in [1.807, 2.05) is 11.4 Å². The molecule has 2 atom stereocenters. The molecular formula is C17H17BrFN3O2S. The number of nitrogens with one attached hydrogen (secondary N) is 1. The third-order valence-electron chi connectivity index (χ3n) is 5.39. The van der Waals surface area contributed by atoms with Crippen molar-refractivity contribution in [3.05, 3.63) is 28.1 Å². The quantitative estimate of drug-likeness (QED) is 0.709. The number of thiophene rings is 1. The summed E-state index contributed by atoms with van der Waals surface area (Å²) < 4.78 is 15.3. The minimum atomic E-state index is -0.807. The number of hydrogen-bond acceptors (Lipinski definition) is 5. The molecule has 132 valence electrons. The van der Waals surface area contributed by atoms with Gasteiger partial charge in [-0.25, -0.2) is 14.4 Å². The molecule has 5 nitrogen and oxygen atoms in total. The molecule has 0 radical (unpaired) electrons. The summed E-state index contributed by atoms with van der Waals surface area (Å²) in [4.78, 5) is 20.8. The Balaban J connectivity index is 1.69. The number of nitrogens with zero attached hydrogens (tertiary/aromatic N) is 2. The van der Waals surface area contributed by atoms with Crippen LogP contribution in [0.2, 0.25) is 0 Å². The van der Waals surface area contributed by atoms with Crippen LogP contribution in [0.4, 0.5) is 10.2 Å². The normalized spacial score (nSPS) is 28.1. The van der Waals surface area contributed by atoms with E-state index in [0.717, 1.165) is 25.7 Å². The number of carboxylic acid groups (broad SMARTS) is 1. The van der Waals surface area contributed by atoms with Gasteiger partial charge in [0.05, 0.1) is 10.8 Å². The van der Waals surface area contributed by atoms with Crippen LogP contribution in [-0.4, -0.2) is 27.1 Å². The summed E-state index contributed by atoms with van der Waals surface area (Å²) in [6.45, 7) is 0. The first kappa shape index (κ1) is 16.9. The molecule has 0 aromatic carbocycles. The first-order chi connectivity index (χ1) is 12.0. The van der Waals surface area contributed by atoms with Crippen LogP contribution in [0, 0.1) is 23.6 Å². The van der Waals surface area contributed by atoms with Crippen LogP contribution < -0.4 is 5.32 Å². The van der Waals surface area contributed by atoms with Crippen LogP contribution in [0.1, 0.15) is 25.7 Å². The molecule has 2 bridgehead atoms. The Kier molecular flexibility index (Phi) is 4.49. The molecule has 0 amide bonds. The topological polar surface area (TPSA) is 75.1 Å². The number of rotatable bonds is 4. The van der Waals surface area contributed by atoms with E-state index < -0.39 is 17.7 Å². The monoisotopic (exact) mass is 425 g/mol. The summed E-state index contributed by atoms with van der Waals surface area (Å²) in [5, 5.41) is 14.6. The Morgan fingerprint density at radius 2 is 2.00 bits per heavy atom. The maximum absolute atomic E-state index is 15.0. The van der Waals surface area contributed by atoms with Gasteiger partial charge in [-0.3, -0.25) is 4.79 Å². The van der Waals surface area contributed by atoms with E-state index in [9.17, 15) is 14.3 Å². The number of anilines is 1. The van der Waals surface area contributed by atoms with E-state index in [4.69, 9.17) is 0 Å². The molecule has 3 fully saturated rings. The zero-order valence-corrected chi connectivity index (χ0v) is 15.7. The van der Waals surface area contributed by atoms with Crippen molar-refractivity contribution in [2.24, 2.45) is 17.8 Å². The van der Waals surface area contributed by atoms with Crippen LogP contribution in [0.25, 0.3) is 10.6 Å². The molecule has 0 saturated heterocycles. The van der Waals surface area contributed by atoms with Crippen molar-refractivity contribution in [2.45, 2.75) is 31.7 Å². The van der Waals surface area contributed by atoms with E-state index in [-0.39, 0.29) is 34.1 Å². The number of halogens is 2. The van der Waals surface area contributed by atoms with Crippen molar-refractivity contribution >= 4 is 39.1 Å². The predicted molar refractivity (Wildman–Crippen MR) is 97.0 cm³/mol. The molecule has 2 aromatic rings. The number of aromatic nitrogens is 2. The van der Waals surface area contributed by atoms with Crippen molar-refractivity contribution < 1.29 is 14.3 Å². The molecule has 25 heavy (non-hydrogen) atoms. The molecule has 3 aliphatic rings. The van der Waals surface area contributed by atoms with Gasteiger partial charge in [0.1, 0.15) is 5.69 Å². The minimum Gasteiger partial charge on any atom is -0.481 e. The lowest BCUT2D eigenvalue weighted by Gasteiger charge is -2.47. The lowest BCUT2D eigenvalue weighted by atomic mass is 9.61. The van der Waals surface area contributed by atoms with Gasteiger partial charge in [-0.05, 0) is 64.9 Å². The second-order valence-corrected chi connectivity index (χ2v) is 8.35. The highest BCUT2D eigenvalue weighted by Gasteiger charge is 2.47. The summed E-state index contributed by atoms with van der Waals surface area (Å²) in [7, 11) is 0. The van der Waals surface area contributed by atoms with Gasteiger partial charge >= 0.3 is 5.97 Å². The van der Waals surface area contributed by atoms with Gasteiger partial charge in [0.25, 0.3) is 0 Å². The second-order valence-electron chi connectivity index (χ2n) is 6.69. The van der Waals surface area contributed by atoms with Gasteiger partial charge in [-0.2, -0.15) is 0 Å². The molecule has 3 saturated carbocycles. The van der Waals surface area contributed by atoms with Crippen LogP contribution in [0.15, 0.2) is 22.2 Å². The second kappa shape index (κ2) is 6.64. The maximum Gasteiger partial charge on any atom is 0.308 e. The average Bonchev–Trinajstić information content (AvgIpc) is 3.12. The highest BCUT2D eigenvalue weighted by atomic mass is 79.9. The van der Waals surface area contributed by atoms with Crippen molar-refractivity contribution in [1.29, 1.82) is 0 Å². The SMILES string of the molecule is O=C(O)[C@H]1C2CCC(CC2)[C@@H]1Nc1nc(Br)nc(-c2cccs2)c1F. The first-order valence-electron chi connectivity index (χ1n) is 8.31. The minimum absolute atomic E-state index is 0.0778. The first-order valence-corrected chi connectivity index (χ1v) is 9.98. The fourth-order valence-corrected chi connectivity index (χ4v) is 5.32. The summed E-state index contributed by atoms with van der Waals surface area (Å²) in [5.41, 5.74) is 0.229. The molecule has 0 spiro atoms. The third kappa shape index (κ3) is 3.06. The third-order valence-corrected chi connectivity index (χ3v) is 6.62. The number of carboxylic acids is 1. The number of aliphatic carboxylic acids is 1. The van der Waals surface area contributed by atoms with Gasteiger partial charge < -0.3 is 10.4 Å². The lowest BCUT2D eigenvalue weighted by Crippen LogP contribution is -2.51. The Labute approximate surface area is 156 Å². The van der Waals surface area contributed by atoms with E-state index in [0.29, 0.717) is 4.88 Å². The van der Waals surface area contributed by atoms with E-state index in [1.54, 1.807) is 6.07 Å². The van der Waals surface area contributed by atoms with Crippen LogP contribution in [0.3, 0.4) is 0 Å². The molecule has 3 aliphatic carbocycles. The fraction of sp³-hybridized carbons (Fsp3) is 0.471. The molecule has 5 rings (SSSR count). The molecule has 2 aromatic heterocycles. The van der Waals surface area contributed by atoms with Crippen LogP contribution in [-0.2, 0) is 4.79 Å². The van der Waals surface area contributed by atoms with Crippen molar-refractivity contribution in [3.63, 3.8) is 0 Å². The molecule has 8 heteroatoms. The highest BCUT2D eigenvalue weighted by Crippen LogP contribution is 2.46. The van der Waals surface area contributed by atoms with Gasteiger partial charge in [0, 0.05) is 6.04 Å². The average molecular weight is 426 g/mol. The van der Waals surface area contributed by atoms with Crippen molar-refractivity contribution in [3.8, 4) is 10.6 Å². The standard InChI is InChI=1S/C17H17BrFN3O2S/c18-17-21-14(10-2-1-7-25-10)12(19)15(22-17)20-13-9-5-3-8(4-6-9)11(13)16(23)24/h1-2,7-9,11,13H,3-6H2,(H,23,24)(H,20,21,22)/t8?,9?,11-,13-/m0/s1. The van der Waals surface area contributed by atoms with E-state index in [2.05, 4.69) is 31.2 Å². The zero-order chi connectivity index (χ0) is 17.6. The Morgan fingerprint density at radius 3 is 2.64 bits per heavy atom. The van der Waals surface area contributed by atoms with Gasteiger partial charge in [0.15, 0.2) is 16.4 Å². The van der Waals surface area contributed by atoms with Crippen LogP contribution >= 0.6 is 27.3 Å². The number of fused-ring (bicyclic) bond motifs is 3. The molecular weight excluding hydrogens is 409 g/mol. The fourth-order valence-electron chi connectivity index (χ4n) is 4.26. The molecule has 0 aliphatic heterocycles.